The molecule has 0 radical (unpaired) electrons. The Morgan fingerprint density at radius 3 is 2.70 bits per heavy atom. The number of nitriles is 1. The van der Waals surface area contributed by atoms with Gasteiger partial charge < -0.3 is 10.4 Å². The van der Waals surface area contributed by atoms with Gasteiger partial charge in [-0.15, -0.1) is 6.58 Å². The van der Waals surface area contributed by atoms with Gasteiger partial charge in [0.1, 0.15) is 0 Å². The lowest BCUT2D eigenvalue weighted by molar-refractivity contribution is -0.117. The largest absolute Gasteiger partial charge is 0.395 e. The molecule has 0 saturated heterocycles. The first-order chi connectivity index (χ1) is 9.69. The molecule has 0 aliphatic heterocycles. The smallest absolute Gasteiger partial charge is 0.238 e. The average molecular weight is 273 g/mol. The lowest BCUT2D eigenvalue weighted by Gasteiger charge is -2.18. The number of benzene rings is 1. The second-order valence-corrected chi connectivity index (χ2v) is 4.33. The fourth-order valence-electron chi connectivity index (χ4n) is 1.76. The van der Waals surface area contributed by atoms with Gasteiger partial charge in [-0.3, -0.25) is 9.69 Å². The molecule has 1 aromatic carbocycles. The van der Waals surface area contributed by atoms with Gasteiger partial charge in [-0.1, -0.05) is 18.2 Å². The zero-order valence-electron chi connectivity index (χ0n) is 11.4. The number of aliphatic hydroxyl groups is 1. The van der Waals surface area contributed by atoms with Crippen LogP contribution in [0.15, 0.2) is 36.9 Å². The summed E-state index contributed by atoms with van der Waals surface area (Å²) < 4.78 is 0. The standard InChI is InChI=1S/C15H19N3O2/c1-2-9-18(10-11-19)12-15(20)17-14-5-3-13(4-6-14)7-8-16/h2-6,19H,1,7,9-12H2,(H,17,20). The number of hydrogen-bond acceptors (Lipinski definition) is 4. The van der Waals surface area contributed by atoms with Crippen molar-refractivity contribution in [3.63, 3.8) is 0 Å². The van der Waals surface area contributed by atoms with E-state index in [1.165, 1.54) is 0 Å². The van der Waals surface area contributed by atoms with Crippen LogP contribution in [0.1, 0.15) is 5.56 Å². The van der Waals surface area contributed by atoms with Crippen LogP contribution in [0.2, 0.25) is 0 Å². The van der Waals surface area contributed by atoms with Gasteiger partial charge in [-0.2, -0.15) is 5.26 Å². The molecule has 5 heteroatoms. The minimum absolute atomic E-state index is 0.00395. The zero-order valence-corrected chi connectivity index (χ0v) is 11.4. The van der Waals surface area contributed by atoms with Crippen molar-refractivity contribution in [2.75, 3.05) is 31.6 Å². The first-order valence-electron chi connectivity index (χ1n) is 6.39. The molecule has 1 rings (SSSR count). The van der Waals surface area contributed by atoms with E-state index in [-0.39, 0.29) is 19.1 Å². The van der Waals surface area contributed by atoms with Crippen molar-refractivity contribution < 1.29 is 9.90 Å². The van der Waals surface area contributed by atoms with Crippen LogP contribution in [0.4, 0.5) is 5.69 Å². The molecule has 0 spiro atoms. The third-order valence-corrected chi connectivity index (χ3v) is 2.69. The zero-order chi connectivity index (χ0) is 14.8. The highest BCUT2D eigenvalue weighted by molar-refractivity contribution is 5.92. The van der Waals surface area contributed by atoms with Crippen LogP contribution in [0.3, 0.4) is 0 Å². The van der Waals surface area contributed by atoms with E-state index in [2.05, 4.69) is 18.0 Å². The number of nitrogens with one attached hydrogen (secondary N) is 1. The lowest BCUT2D eigenvalue weighted by atomic mass is 10.1. The number of carbonyl (C=O) groups is 1. The van der Waals surface area contributed by atoms with Gasteiger partial charge in [0.25, 0.3) is 0 Å². The van der Waals surface area contributed by atoms with Gasteiger partial charge in [-0.25, -0.2) is 0 Å². The van der Waals surface area contributed by atoms with Crippen molar-refractivity contribution in [1.29, 1.82) is 5.26 Å². The maximum Gasteiger partial charge on any atom is 0.238 e. The van der Waals surface area contributed by atoms with Crippen molar-refractivity contribution in [3.05, 3.63) is 42.5 Å². The van der Waals surface area contributed by atoms with E-state index in [1.807, 2.05) is 12.1 Å². The van der Waals surface area contributed by atoms with Gasteiger partial charge in [-0.05, 0) is 17.7 Å². The molecular formula is C15H19N3O2. The normalized spacial score (nSPS) is 10.1. The maximum atomic E-state index is 11.9. The summed E-state index contributed by atoms with van der Waals surface area (Å²) in [4.78, 5) is 13.7. The molecule has 0 heterocycles. The molecule has 0 fully saturated rings. The predicted octanol–water partition coefficient (Wildman–Crippen LogP) is 1.17. The number of nitrogens with zero attached hydrogens (tertiary/aromatic N) is 2. The number of aliphatic hydroxyl groups excluding tert-OH is 1. The summed E-state index contributed by atoms with van der Waals surface area (Å²) in [5.74, 6) is -0.145. The minimum Gasteiger partial charge on any atom is -0.395 e. The van der Waals surface area contributed by atoms with Crippen LogP contribution < -0.4 is 5.32 Å². The SMILES string of the molecule is C=CCN(CCO)CC(=O)Nc1ccc(CC#N)cc1. The lowest BCUT2D eigenvalue weighted by Crippen LogP contribution is -2.35. The fraction of sp³-hybridized carbons (Fsp3) is 0.333. The van der Waals surface area contributed by atoms with Gasteiger partial charge in [0.05, 0.1) is 25.6 Å². The van der Waals surface area contributed by atoms with E-state index in [0.29, 0.717) is 25.2 Å². The van der Waals surface area contributed by atoms with Crippen LogP contribution in [0.5, 0.6) is 0 Å². The summed E-state index contributed by atoms with van der Waals surface area (Å²) in [6, 6.07) is 9.24. The van der Waals surface area contributed by atoms with E-state index in [4.69, 9.17) is 10.4 Å². The summed E-state index contributed by atoms with van der Waals surface area (Å²) >= 11 is 0. The number of rotatable bonds is 8. The van der Waals surface area contributed by atoms with Gasteiger partial charge in [0.15, 0.2) is 0 Å². The second-order valence-electron chi connectivity index (χ2n) is 4.33. The Morgan fingerprint density at radius 2 is 2.15 bits per heavy atom. The Balaban J connectivity index is 2.52. The Bertz CT molecular complexity index is 477. The van der Waals surface area contributed by atoms with Crippen molar-refractivity contribution >= 4 is 11.6 Å². The summed E-state index contributed by atoms with van der Waals surface area (Å²) in [5, 5.41) is 20.3. The molecule has 106 valence electrons. The number of hydrogen-bond donors (Lipinski definition) is 2. The molecule has 0 unspecified atom stereocenters. The monoisotopic (exact) mass is 273 g/mol. The first-order valence-corrected chi connectivity index (χ1v) is 6.39. The van der Waals surface area contributed by atoms with E-state index in [1.54, 1.807) is 23.1 Å². The Kier molecular flexibility index (Phi) is 7.04. The number of amides is 1. The van der Waals surface area contributed by atoms with Crippen LogP contribution in [0, 0.1) is 11.3 Å². The van der Waals surface area contributed by atoms with Crippen molar-refractivity contribution in [2.45, 2.75) is 6.42 Å². The average Bonchev–Trinajstić information content (AvgIpc) is 2.42. The predicted molar refractivity (Wildman–Crippen MR) is 78.1 cm³/mol. The van der Waals surface area contributed by atoms with Crippen LogP contribution >= 0.6 is 0 Å². The third kappa shape index (κ3) is 5.65. The quantitative estimate of drug-likeness (QED) is 0.697. The highest BCUT2D eigenvalue weighted by atomic mass is 16.3. The van der Waals surface area contributed by atoms with E-state index >= 15 is 0 Å². The molecule has 20 heavy (non-hydrogen) atoms. The van der Waals surface area contributed by atoms with Gasteiger partial charge in [0.2, 0.25) is 5.91 Å². The molecule has 2 N–H and O–H groups in total. The van der Waals surface area contributed by atoms with Crippen molar-refractivity contribution in [2.24, 2.45) is 0 Å². The molecule has 0 aliphatic rings. The molecule has 0 bridgehead atoms. The number of anilines is 1. The van der Waals surface area contributed by atoms with Gasteiger partial charge in [0, 0.05) is 18.8 Å². The maximum absolute atomic E-state index is 11.9. The second kappa shape index (κ2) is 8.86. The van der Waals surface area contributed by atoms with Gasteiger partial charge >= 0.3 is 0 Å². The van der Waals surface area contributed by atoms with Crippen LogP contribution in [-0.2, 0) is 11.2 Å². The van der Waals surface area contributed by atoms with E-state index < -0.39 is 0 Å². The Labute approximate surface area is 119 Å². The molecule has 0 atom stereocenters. The summed E-state index contributed by atoms with van der Waals surface area (Å²) in [7, 11) is 0. The molecule has 1 aromatic rings. The summed E-state index contributed by atoms with van der Waals surface area (Å²) in [6.07, 6.45) is 2.05. The Hall–Kier alpha value is -2.16. The van der Waals surface area contributed by atoms with Crippen molar-refractivity contribution in [1.82, 2.24) is 4.90 Å². The topological polar surface area (TPSA) is 76.4 Å². The molecule has 0 aliphatic carbocycles. The first kappa shape index (κ1) is 15.9. The minimum atomic E-state index is -0.145. The highest BCUT2D eigenvalue weighted by Crippen LogP contribution is 2.09. The van der Waals surface area contributed by atoms with E-state index in [0.717, 1.165) is 5.56 Å². The molecule has 0 saturated carbocycles. The molecule has 0 aromatic heterocycles. The molecule has 5 nitrogen and oxygen atoms in total. The Morgan fingerprint density at radius 1 is 1.45 bits per heavy atom. The third-order valence-electron chi connectivity index (χ3n) is 2.69. The van der Waals surface area contributed by atoms with Crippen molar-refractivity contribution in [3.8, 4) is 6.07 Å². The fourth-order valence-corrected chi connectivity index (χ4v) is 1.76. The summed E-state index contributed by atoms with van der Waals surface area (Å²) in [6.45, 7) is 4.81. The highest BCUT2D eigenvalue weighted by Gasteiger charge is 2.09. The summed E-state index contributed by atoms with van der Waals surface area (Å²) in [5.41, 5.74) is 1.61. The number of carbonyl (C=O) groups excluding carboxylic acids is 1. The van der Waals surface area contributed by atoms with E-state index in [9.17, 15) is 4.79 Å². The molecular weight excluding hydrogens is 254 g/mol. The van der Waals surface area contributed by atoms with Crippen LogP contribution in [0.25, 0.3) is 0 Å². The van der Waals surface area contributed by atoms with Crippen LogP contribution in [-0.4, -0.2) is 42.2 Å². The molecule has 1 amide bonds.